The predicted octanol–water partition coefficient (Wildman–Crippen LogP) is 8.55. The molecule has 2 unspecified atom stereocenters. The number of rotatable bonds is 20. The first-order chi connectivity index (χ1) is 15.6. The molecule has 0 aliphatic carbocycles. The molecule has 3 nitrogen and oxygen atoms in total. The second kappa shape index (κ2) is 19.3. The Labute approximate surface area is 202 Å². The van der Waals surface area contributed by atoms with E-state index in [0.717, 1.165) is 23.7 Å². The lowest BCUT2D eigenvalue weighted by molar-refractivity contribution is -0.145. The first-order valence-corrected chi connectivity index (χ1v) is 14.2. The number of carbonyl (C=O) groups is 1. The first kappa shape index (κ1) is 28.9. The van der Waals surface area contributed by atoms with E-state index in [1.165, 1.54) is 69.8 Å². The van der Waals surface area contributed by atoms with Gasteiger partial charge in [-0.25, -0.2) is 0 Å². The predicted molar refractivity (Wildman–Crippen MR) is 140 cm³/mol. The number of ether oxygens (including phenoxy) is 2. The minimum Gasteiger partial charge on any atom is -0.487 e. The van der Waals surface area contributed by atoms with Crippen molar-refractivity contribution in [1.29, 1.82) is 0 Å². The lowest BCUT2D eigenvalue weighted by atomic mass is 9.99. The highest BCUT2D eigenvalue weighted by Crippen LogP contribution is 2.22. The Morgan fingerprint density at radius 2 is 1.44 bits per heavy atom. The smallest absolute Gasteiger partial charge is 0.306 e. The topological polar surface area (TPSA) is 35.5 Å². The maximum absolute atomic E-state index is 12.0. The molecule has 0 radical (unpaired) electrons. The van der Waals surface area contributed by atoms with Gasteiger partial charge in [0.1, 0.15) is 18.5 Å². The van der Waals surface area contributed by atoms with Gasteiger partial charge in [0, 0.05) is 5.75 Å². The van der Waals surface area contributed by atoms with Gasteiger partial charge in [-0.1, -0.05) is 90.7 Å². The molecule has 0 amide bonds. The Balaban J connectivity index is 1.96. The van der Waals surface area contributed by atoms with E-state index in [1.54, 1.807) is 0 Å². The van der Waals surface area contributed by atoms with Gasteiger partial charge in [-0.3, -0.25) is 4.79 Å². The molecule has 32 heavy (non-hydrogen) atoms. The zero-order valence-electron chi connectivity index (χ0n) is 21.2. The zero-order valence-corrected chi connectivity index (χ0v) is 22.0. The van der Waals surface area contributed by atoms with Crippen LogP contribution in [0.2, 0.25) is 0 Å². The van der Waals surface area contributed by atoms with Crippen LogP contribution in [0.3, 0.4) is 0 Å². The molecule has 0 bridgehead atoms. The fourth-order valence-electron chi connectivity index (χ4n) is 3.61. The first-order valence-electron chi connectivity index (χ1n) is 13.1. The minimum absolute atomic E-state index is 0.122. The molecule has 0 aromatic heterocycles. The normalized spacial score (nSPS) is 13.0. The molecule has 1 aromatic rings. The van der Waals surface area contributed by atoms with Crippen molar-refractivity contribution in [2.45, 2.75) is 117 Å². The van der Waals surface area contributed by atoms with Crippen molar-refractivity contribution < 1.29 is 14.3 Å². The molecule has 4 heteroatoms. The highest BCUT2D eigenvalue weighted by Gasteiger charge is 2.10. The van der Waals surface area contributed by atoms with Gasteiger partial charge in [-0.05, 0) is 49.1 Å². The molecule has 0 spiro atoms. The fourth-order valence-corrected chi connectivity index (χ4v) is 4.53. The lowest BCUT2D eigenvalue weighted by Crippen LogP contribution is -2.21. The third-order valence-corrected chi connectivity index (χ3v) is 7.04. The van der Waals surface area contributed by atoms with Crippen molar-refractivity contribution in [3.63, 3.8) is 0 Å². The Kier molecular flexibility index (Phi) is 17.4. The summed E-state index contributed by atoms with van der Waals surface area (Å²) in [6.07, 6.45) is 15.1. The molecular formula is C28H48O3S. The lowest BCUT2D eigenvalue weighted by Gasteiger charge is -2.16. The van der Waals surface area contributed by atoms with Crippen LogP contribution >= 0.6 is 11.8 Å². The Hall–Kier alpha value is -1.16. The molecule has 0 N–H and O–H groups in total. The van der Waals surface area contributed by atoms with Crippen molar-refractivity contribution in [3.8, 4) is 5.75 Å². The monoisotopic (exact) mass is 464 g/mol. The summed E-state index contributed by atoms with van der Waals surface area (Å²) < 4.78 is 11.3. The van der Waals surface area contributed by atoms with Crippen LogP contribution in [0.5, 0.6) is 5.75 Å². The minimum atomic E-state index is -0.146. The van der Waals surface area contributed by atoms with Gasteiger partial charge in [0.15, 0.2) is 0 Å². The molecule has 0 fully saturated rings. The quantitative estimate of drug-likeness (QED) is 0.143. The Morgan fingerprint density at radius 3 is 2.03 bits per heavy atom. The van der Waals surface area contributed by atoms with Crippen LogP contribution in [-0.2, 0) is 9.53 Å². The summed E-state index contributed by atoms with van der Waals surface area (Å²) in [7, 11) is 0. The van der Waals surface area contributed by atoms with E-state index >= 15 is 0 Å². The summed E-state index contributed by atoms with van der Waals surface area (Å²) in [4.78, 5) is 12.0. The van der Waals surface area contributed by atoms with Crippen molar-refractivity contribution >= 4 is 17.7 Å². The summed E-state index contributed by atoms with van der Waals surface area (Å²) in [5, 5.41) is 0. The van der Waals surface area contributed by atoms with E-state index in [0.29, 0.717) is 18.9 Å². The Bertz CT molecular complexity index is 573. The summed E-state index contributed by atoms with van der Waals surface area (Å²) in [6, 6.07) is 8.25. The number of thioether (sulfide) groups is 1. The molecule has 1 aromatic carbocycles. The molecule has 2 atom stereocenters. The van der Waals surface area contributed by atoms with Gasteiger partial charge >= 0.3 is 5.97 Å². The molecule has 184 valence electrons. The molecule has 0 saturated carbocycles. The number of unbranched alkanes of at least 4 members (excludes halogenated alkanes) is 9. The molecule has 0 aliphatic rings. The molecule has 0 saturated heterocycles. The second-order valence-corrected chi connectivity index (χ2v) is 10.3. The largest absolute Gasteiger partial charge is 0.487 e. The van der Waals surface area contributed by atoms with Gasteiger partial charge in [-0.15, -0.1) is 0 Å². The van der Waals surface area contributed by atoms with Crippen molar-refractivity contribution in [2.24, 2.45) is 0 Å². The van der Waals surface area contributed by atoms with E-state index in [1.807, 2.05) is 30.8 Å². The van der Waals surface area contributed by atoms with Crippen LogP contribution in [0.25, 0.3) is 0 Å². The SMILES string of the molecule is CCCCCCCCCCCCSCCC(=O)OCC(C)Oc1ccc(C(C)CC)cc1. The van der Waals surface area contributed by atoms with Crippen molar-refractivity contribution in [2.75, 3.05) is 18.1 Å². The molecule has 0 aliphatic heterocycles. The van der Waals surface area contributed by atoms with Crippen LogP contribution < -0.4 is 4.74 Å². The van der Waals surface area contributed by atoms with Crippen LogP contribution in [0.15, 0.2) is 24.3 Å². The number of esters is 1. The van der Waals surface area contributed by atoms with Gasteiger partial charge in [0.05, 0.1) is 6.42 Å². The van der Waals surface area contributed by atoms with E-state index in [9.17, 15) is 4.79 Å². The highest BCUT2D eigenvalue weighted by atomic mass is 32.2. The average molecular weight is 465 g/mol. The maximum atomic E-state index is 12.0. The second-order valence-electron chi connectivity index (χ2n) is 9.03. The van der Waals surface area contributed by atoms with Gasteiger partial charge in [0.25, 0.3) is 0 Å². The van der Waals surface area contributed by atoms with E-state index in [-0.39, 0.29) is 12.1 Å². The summed E-state index contributed by atoms with van der Waals surface area (Å²) in [5.41, 5.74) is 1.33. The molecule has 0 heterocycles. The molecular weight excluding hydrogens is 416 g/mol. The van der Waals surface area contributed by atoms with Crippen LogP contribution in [-0.4, -0.2) is 30.2 Å². The van der Waals surface area contributed by atoms with E-state index in [4.69, 9.17) is 9.47 Å². The average Bonchev–Trinajstić information content (AvgIpc) is 2.80. The third kappa shape index (κ3) is 14.8. The van der Waals surface area contributed by atoms with Gasteiger partial charge in [-0.2, -0.15) is 11.8 Å². The number of benzene rings is 1. The molecule has 1 rings (SSSR count). The van der Waals surface area contributed by atoms with Crippen LogP contribution in [0.4, 0.5) is 0 Å². The number of carbonyl (C=O) groups excluding carboxylic acids is 1. The maximum Gasteiger partial charge on any atom is 0.306 e. The van der Waals surface area contributed by atoms with Crippen molar-refractivity contribution in [1.82, 2.24) is 0 Å². The standard InChI is InChI=1S/C28H48O3S/c1-5-7-8-9-10-11-12-13-14-15-21-32-22-20-28(29)30-23-25(4)31-27-18-16-26(17-19-27)24(3)6-2/h16-19,24-25H,5-15,20-23H2,1-4H3. The van der Waals surface area contributed by atoms with Crippen LogP contribution in [0, 0.1) is 0 Å². The summed E-state index contributed by atoms with van der Waals surface area (Å²) in [5.74, 6) is 3.26. The van der Waals surface area contributed by atoms with Crippen molar-refractivity contribution in [3.05, 3.63) is 29.8 Å². The van der Waals surface area contributed by atoms with Crippen LogP contribution in [0.1, 0.15) is 116 Å². The fraction of sp³-hybridized carbons (Fsp3) is 0.750. The zero-order chi connectivity index (χ0) is 23.4. The summed E-state index contributed by atoms with van der Waals surface area (Å²) in [6.45, 7) is 8.94. The number of hydrogen-bond donors (Lipinski definition) is 0. The van der Waals surface area contributed by atoms with E-state index < -0.39 is 0 Å². The van der Waals surface area contributed by atoms with Gasteiger partial charge in [0.2, 0.25) is 0 Å². The Morgan fingerprint density at radius 1 is 0.844 bits per heavy atom. The third-order valence-electron chi connectivity index (χ3n) is 5.97. The summed E-state index contributed by atoms with van der Waals surface area (Å²) >= 11 is 1.87. The van der Waals surface area contributed by atoms with E-state index in [2.05, 4.69) is 32.9 Å². The van der Waals surface area contributed by atoms with Gasteiger partial charge < -0.3 is 9.47 Å². The highest BCUT2D eigenvalue weighted by molar-refractivity contribution is 7.99. The number of hydrogen-bond acceptors (Lipinski definition) is 4.